The molecule has 0 aliphatic heterocycles. The van der Waals surface area contributed by atoms with Gasteiger partial charge in [0.1, 0.15) is 6.04 Å². The van der Waals surface area contributed by atoms with Crippen molar-refractivity contribution in [3.63, 3.8) is 0 Å². The Kier molecular flexibility index (Phi) is 7.29. The summed E-state index contributed by atoms with van der Waals surface area (Å²) >= 11 is 0. The summed E-state index contributed by atoms with van der Waals surface area (Å²) in [4.78, 5) is 9.91. The Balaban J connectivity index is 3.14. The van der Waals surface area contributed by atoms with Gasteiger partial charge in [-0.1, -0.05) is 18.5 Å². The van der Waals surface area contributed by atoms with E-state index in [0.29, 0.717) is 6.61 Å². The van der Waals surface area contributed by atoms with Gasteiger partial charge in [0.05, 0.1) is 13.2 Å². The fourth-order valence-electron chi connectivity index (χ4n) is 0.582. The molecule has 4 heteroatoms. The third-order valence-corrected chi connectivity index (χ3v) is 1.31. The first-order valence-electron chi connectivity index (χ1n) is 3.86. The summed E-state index contributed by atoms with van der Waals surface area (Å²) in [7, 11) is 0. The molecule has 1 atom stereocenters. The van der Waals surface area contributed by atoms with Gasteiger partial charge in [0.2, 0.25) is 0 Å². The molecule has 0 aromatic rings. The third kappa shape index (κ3) is 5.94. The van der Waals surface area contributed by atoms with Gasteiger partial charge in [0, 0.05) is 6.61 Å². The first-order valence-corrected chi connectivity index (χ1v) is 3.86. The summed E-state index contributed by atoms with van der Waals surface area (Å²) < 4.78 is 5.06. The number of nitrogens with zero attached hydrogens (tertiary/aromatic N) is 1. The molecule has 0 aliphatic rings. The summed E-state index contributed by atoms with van der Waals surface area (Å²) in [6.45, 7) is 2.71. The maximum atomic E-state index is 9.91. The number of rotatable bonds is 7. The standard InChI is InChI=1S/C7H15NO3/c1-2-3-4-11-6-7(5-9)8-10/h7,9H,2-6H2,1H3. The van der Waals surface area contributed by atoms with Gasteiger partial charge in [-0.05, 0) is 6.42 Å². The van der Waals surface area contributed by atoms with E-state index in [1.165, 1.54) is 0 Å². The van der Waals surface area contributed by atoms with Crippen molar-refractivity contribution in [2.24, 2.45) is 5.18 Å². The smallest absolute Gasteiger partial charge is 0.138 e. The lowest BCUT2D eigenvalue weighted by Crippen LogP contribution is -2.17. The van der Waals surface area contributed by atoms with E-state index < -0.39 is 6.04 Å². The zero-order valence-corrected chi connectivity index (χ0v) is 6.82. The highest BCUT2D eigenvalue weighted by molar-refractivity contribution is 4.61. The lowest BCUT2D eigenvalue weighted by molar-refractivity contribution is 0.0992. The molecule has 0 aliphatic carbocycles. The van der Waals surface area contributed by atoms with Crippen molar-refractivity contribution < 1.29 is 9.84 Å². The molecule has 66 valence electrons. The van der Waals surface area contributed by atoms with E-state index in [9.17, 15) is 4.91 Å². The second kappa shape index (κ2) is 7.63. The van der Waals surface area contributed by atoms with Crippen LogP contribution in [0.2, 0.25) is 0 Å². The van der Waals surface area contributed by atoms with Gasteiger partial charge < -0.3 is 9.84 Å². The van der Waals surface area contributed by atoms with Gasteiger partial charge in [-0.2, -0.15) is 4.91 Å². The Morgan fingerprint density at radius 2 is 2.36 bits per heavy atom. The number of hydrogen-bond donors (Lipinski definition) is 1. The van der Waals surface area contributed by atoms with Crippen molar-refractivity contribution >= 4 is 0 Å². The molecule has 4 nitrogen and oxygen atoms in total. The van der Waals surface area contributed by atoms with Crippen LogP contribution in [0, 0.1) is 4.91 Å². The zero-order valence-electron chi connectivity index (χ0n) is 6.82. The van der Waals surface area contributed by atoms with Crippen LogP contribution in [0.25, 0.3) is 0 Å². The van der Waals surface area contributed by atoms with E-state index in [2.05, 4.69) is 12.1 Å². The molecule has 0 heterocycles. The minimum absolute atomic E-state index is 0.227. The monoisotopic (exact) mass is 161 g/mol. The molecule has 1 N–H and O–H groups in total. The van der Waals surface area contributed by atoms with Gasteiger partial charge >= 0.3 is 0 Å². The van der Waals surface area contributed by atoms with Crippen LogP contribution in [0.5, 0.6) is 0 Å². The lowest BCUT2D eigenvalue weighted by Gasteiger charge is -2.05. The summed E-state index contributed by atoms with van der Waals surface area (Å²) in [6.07, 6.45) is 2.05. The van der Waals surface area contributed by atoms with Crippen LogP contribution in [0.15, 0.2) is 5.18 Å². The molecular formula is C7H15NO3. The molecule has 1 unspecified atom stereocenters. The van der Waals surface area contributed by atoms with Crippen LogP contribution in [0.3, 0.4) is 0 Å². The second-order valence-electron chi connectivity index (χ2n) is 2.37. The van der Waals surface area contributed by atoms with E-state index in [1.807, 2.05) is 0 Å². The van der Waals surface area contributed by atoms with Gasteiger partial charge in [-0.3, -0.25) is 0 Å². The number of unbranched alkanes of at least 4 members (excludes halogenated alkanes) is 1. The second-order valence-corrected chi connectivity index (χ2v) is 2.37. The molecule has 0 aromatic heterocycles. The van der Waals surface area contributed by atoms with Crippen LogP contribution in [-0.2, 0) is 4.74 Å². The van der Waals surface area contributed by atoms with Crippen LogP contribution in [0.4, 0.5) is 0 Å². The largest absolute Gasteiger partial charge is 0.394 e. The van der Waals surface area contributed by atoms with Crippen molar-refractivity contribution in [2.75, 3.05) is 19.8 Å². The molecule has 0 saturated carbocycles. The molecule has 0 rings (SSSR count). The van der Waals surface area contributed by atoms with E-state index >= 15 is 0 Å². The maximum absolute atomic E-state index is 9.91. The fraction of sp³-hybridized carbons (Fsp3) is 1.00. The first-order chi connectivity index (χ1) is 5.35. The molecular weight excluding hydrogens is 146 g/mol. The quantitative estimate of drug-likeness (QED) is 0.446. The summed E-state index contributed by atoms with van der Waals surface area (Å²) in [5.41, 5.74) is 0. The Hall–Kier alpha value is -0.480. The first kappa shape index (κ1) is 10.5. The minimum Gasteiger partial charge on any atom is -0.394 e. The Bertz CT molecular complexity index is 97.7. The molecule has 0 aromatic carbocycles. The van der Waals surface area contributed by atoms with Gasteiger partial charge in [-0.25, -0.2) is 0 Å². The average molecular weight is 161 g/mol. The number of aliphatic hydroxyl groups excluding tert-OH is 1. The predicted molar refractivity (Wildman–Crippen MR) is 42.4 cm³/mol. The summed E-state index contributed by atoms with van der Waals surface area (Å²) in [6, 6.07) is -0.591. The molecule has 0 amide bonds. The average Bonchev–Trinajstić information content (AvgIpc) is 2.05. The Labute approximate surface area is 66.5 Å². The number of aliphatic hydroxyl groups is 1. The Morgan fingerprint density at radius 3 is 2.82 bits per heavy atom. The van der Waals surface area contributed by atoms with Crippen LogP contribution in [0.1, 0.15) is 19.8 Å². The zero-order chi connectivity index (χ0) is 8.53. The van der Waals surface area contributed by atoms with Crippen LogP contribution in [-0.4, -0.2) is 31.0 Å². The van der Waals surface area contributed by atoms with Gasteiger partial charge in [0.15, 0.2) is 0 Å². The van der Waals surface area contributed by atoms with Crippen molar-refractivity contribution in [1.82, 2.24) is 0 Å². The SMILES string of the molecule is CCCCOCC(CO)N=O. The number of ether oxygens (including phenoxy) is 1. The molecule has 0 spiro atoms. The topological polar surface area (TPSA) is 58.9 Å². The van der Waals surface area contributed by atoms with Gasteiger partial charge in [0.25, 0.3) is 0 Å². The normalized spacial score (nSPS) is 12.9. The summed E-state index contributed by atoms with van der Waals surface area (Å²) in [5.74, 6) is 0. The Morgan fingerprint density at radius 1 is 1.64 bits per heavy atom. The molecule has 11 heavy (non-hydrogen) atoms. The van der Waals surface area contributed by atoms with Crippen LogP contribution >= 0.6 is 0 Å². The van der Waals surface area contributed by atoms with E-state index in [4.69, 9.17) is 9.84 Å². The van der Waals surface area contributed by atoms with Crippen molar-refractivity contribution in [2.45, 2.75) is 25.8 Å². The number of nitroso groups, excluding NO2 is 1. The minimum atomic E-state index is -0.591. The molecule has 0 saturated heterocycles. The van der Waals surface area contributed by atoms with Crippen molar-refractivity contribution in [3.05, 3.63) is 4.91 Å². The van der Waals surface area contributed by atoms with Crippen molar-refractivity contribution in [1.29, 1.82) is 0 Å². The number of hydrogen-bond acceptors (Lipinski definition) is 4. The van der Waals surface area contributed by atoms with Crippen LogP contribution < -0.4 is 0 Å². The highest BCUT2D eigenvalue weighted by Crippen LogP contribution is 1.93. The molecule has 0 radical (unpaired) electrons. The van der Waals surface area contributed by atoms with E-state index in [-0.39, 0.29) is 13.2 Å². The predicted octanol–water partition coefficient (Wildman–Crippen LogP) is 0.930. The van der Waals surface area contributed by atoms with Crippen molar-refractivity contribution in [3.8, 4) is 0 Å². The summed E-state index contributed by atoms with van der Waals surface area (Å²) in [5, 5.41) is 11.2. The fourth-order valence-corrected chi connectivity index (χ4v) is 0.582. The third-order valence-electron chi connectivity index (χ3n) is 1.31. The molecule has 0 bridgehead atoms. The van der Waals surface area contributed by atoms with E-state index in [0.717, 1.165) is 12.8 Å². The lowest BCUT2D eigenvalue weighted by atomic mass is 10.3. The highest BCUT2D eigenvalue weighted by Gasteiger charge is 2.05. The van der Waals surface area contributed by atoms with Gasteiger partial charge in [-0.15, -0.1) is 0 Å². The van der Waals surface area contributed by atoms with E-state index in [1.54, 1.807) is 0 Å². The molecule has 0 fully saturated rings. The highest BCUT2D eigenvalue weighted by atomic mass is 16.5. The maximum Gasteiger partial charge on any atom is 0.138 e.